The Kier molecular flexibility index (Phi) is 7.48. The van der Waals surface area contributed by atoms with Gasteiger partial charge in [0.15, 0.2) is 0 Å². The number of nitrogens with zero attached hydrogens (tertiary/aromatic N) is 5. The van der Waals surface area contributed by atoms with Gasteiger partial charge in [-0.15, -0.1) is 0 Å². The van der Waals surface area contributed by atoms with Gasteiger partial charge in [-0.1, -0.05) is 22.0 Å². The van der Waals surface area contributed by atoms with Crippen LogP contribution in [-0.4, -0.2) is 68.9 Å². The number of rotatable bonds is 8. The van der Waals surface area contributed by atoms with Crippen LogP contribution in [0.2, 0.25) is 0 Å². The quantitative estimate of drug-likeness (QED) is 0.491. The number of β-amino-alcohol motifs (C(OH)–C–C–N with tert-alkyl or cyclic N) is 1. The molecule has 6 nitrogen and oxygen atoms in total. The fourth-order valence-electron chi connectivity index (χ4n) is 4.22. The van der Waals surface area contributed by atoms with Gasteiger partial charge in [-0.2, -0.15) is 5.10 Å². The van der Waals surface area contributed by atoms with Gasteiger partial charge in [0.2, 0.25) is 0 Å². The normalized spacial score (nSPS) is 17.2. The fraction of sp³-hybridized carbons (Fsp3) is 0.391. The number of halogens is 4. The highest BCUT2D eigenvalue weighted by molar-refractivity contribution is 9.10. The number of aliphatic hydroxyl groups is 1. The lowest BCUT2D eigenvalue weighted by molar-refractivity contribution is -0.0317. The summed E-state index contributed by atoms with van der Waals surface area (Å²) < 4.78 is 43.9. The first-order chi connectivity index (χ1) is 15.8. The average molecular weight is 524 g/mol. The molecule has 10 heteroatoms. The molecule has 0 aliphatic carbocycles. The van der Waals surface area contributed by atoms with E-state index in [4.69, 9.17) is 0 Å². The molecule has 0 amide bonds. The molecule has 33 heavy (non-hydrogen) atoms. The highest BCUT2D eigenvalue weighted by atomic mass is 79.9. The molecule has 176 valence electrons. The van der Waals surface area contributed by atoms with E-state index in [2.05, 4.69) is 35.8 Å². The molecule has 0 spiro atoms. The van der Waals surface area contributed by atoms with Crippen molar-refractivity contribution in [2.75, 3.05) is 39.3 Å². The van der Waals surface area contributed by atoms with E-state index in [0.29, 0.717) is 13.1 Å². The summed E-state index contributed by atoms with van der Waals surface area (Å²) in [5, 5.41) is 15.5. The van der Waals surface area contributed by atoms with Gasteiger partial charge in [-0.3, -0.25) is 4.90 Å². The molecule has 1 aliphatic rings. The molecule has 1 aromatic heterocycles. The van der Waals surface area contributed by atoms with Crippen LogP contribution in [0.4, 0.5) is 13.2 Å². The van der Waals surface area contributed by atoms with Gasteiger partial charge in [-0.05, 0) is 36.2 Å². The number of piperazine rings is 1. The molecule has 1 N–H and O–H groups in total. The van der Waals surface area contributed by atoms with Crippen LogP contribution in [0.3, 0.4) is 0 Å². The zero-order chi connectivity index (χ0) is 23.4. The van der Waals surface area contributed by atoms with Crippen molar-refractivity contribution in [1.82, 2.24) is 24.6 Å². The predicted octanol–water partition coefficient (Wildman–Crippen LogP) is 3.21. The Hall–Kier alpha value is -2.27. The molecule has 1 saturated heterocycles. The van der Waals surface area contributed by atoms with E-state index in [-0.39, 0.29) is 24.5 Å². The van der Waals surface area contributed by atoms with Crippen LogP contribution < -0.4 is 0 Å². The Morgan fingerprint density at radius 3 is 2.33 bits per heavy atom. The summed E-state index contributed by atoms with van der Waals surface area (Å²) >= 11 is 3.47. The van der Waals surface area contributed by atoms with Gasteiger partial charge in [-0.25, -0.2) is 22.8 Å². The first-order valence-electron chi connectivity index (χ1n) is 10.7. The maximum absolute atomic E-state index is 14.6. The second-order valence-corrected chi connectivity index (χ2v) is 9.21. The van der Waals surface area contributed by atoms with Crippen LogP contribution in [0.25, 0.3) is 0 Å². The van der Waals surface area contributed by atoms with Crippen LogP contribution in [-0.2, 0) is 18.6 Å². The zero-order valence-corrected chi connectivity index (χ0v) is 19.6. The third kappa shape index (κ3) is 6.00. The van der Waals surface area contributed by atoms with Crippen molar-refractivity contribution in [2.45, 2.75) is 18.6 Å². The first kappa shape index (κ1) is 23.9. The molecule has 1 fully saturated rings. The van der Waals surface area contributed by atoms with E-state index in [1.807, 2.05) is 0 Å². The zero-order valence-electron chi connectivity index (χ0n) is 18.0. The van der Waals surface area contributed by atoms with Crippen molar-refractivity contribution >= 4 is 15.9 Å². The van der Waals surface area contributed by atoms with Crippen molar-refractivity contribution in [3.63, 3.8) is 0 Å². The molecule has 0 saturated carbocycles. The molecule has 2 aromatic carbocycles. The van der Waals surface area contributed by atoms with Crippen LogP contribution in [0.1, 0.15) is 11.1 Å². The lowest BCUT2D eigenvalue weighted by Gasteiger charge is -2.39. The summed E-state index contributed by atoms with van der Waals surface area (Å²) in [6.07, 6.45) is 3.52. The predicted molar refractivity (Wildman–Crippen MR) is 121 cm³/mol. The van der Waals surface area contributed by atoms with Gasteiger partial charge in [0.1, 0.15) is 35.7 Å². The molecular weight excluding hydrogens is 499 g/mol. The third-order valence-corrected chi connectivity index (χ3v) is 6.75. The summed E-state index contributed by atoms with van der Waals surface area (Å²) in [4.78, 5) is 8.23. The van der Waals surface area contributed by atoms with Crippen LogP contribution in [0, 0.1) is 17.5 Å². The molecular formula is C23H25BrF3N5O. The lowest BCUT2D eigenvalue weighted by atomic mass is 9.92. The smallest absolute Gasteiger partial charge is 0.137 e. The van der Waals surface area contributed by atoms with E-state index in [9.17, 15) is 18.3 Å². The Morgan fingerprint density at radius 1 is 0.939 bits per heavy atom. The van der Waals surface area contributed by atoms with E-state index >= 15 is 0 Å². The highest BCUT2D eigenvalue weighted by Gasteiger charge is 2.36. The Morgan fingerprint density at radius 2 is 1.64 bits per heavy atom. The van der Waals surface area contributed by atoms with Crippen LogP contribution in [0.5, 0.6) is 0 Å². The van der Waals surface area contributed by atoms with Gasteiger partial charge in [0.05, 0.1) is 6.54 Å². The number of hydrogen-bond donors (Lipinski definition) is 1. The number of benzene rings is 2. The first-order valence-corrected chi connectivity index (χ1v) is 11.5. The molecule has 2 heterocycles. The molecule has 4 rings (SSSR count). The number of aromatic nitrogens is 3. The van der Waals surface area contributed by atoms with Crippen molar-refractivity contribution < 1.29 is 18.3 Å². The van der Waals surface area contributed by atoms with Crippen LogP contribution in [0.15, 0.2) is 53.5 Å². The standard InChI is InChI=1S/C23H25BrF3N5O/c24-21-4-2-18(25)11-17(21)5-6-30-7-9-31(10-8-30)13-23(33,14-32-16-28-15-29-32)20-3-1-19(26)12-22(20)27/h1-4,11-12,15-16,33H,5-10,13-14H2. The monoisotopic (exact) mass is 523 g/mol. The van der Waals surface area contributed by atoms with Gasteiger partial charge in [0.25, 0.3) is 0 Å². The van der Waals surface area contributed by atoms with Crippen molar-refractivity contribution in [3.8, 4) is 0 Å². The van der Waals surface area contributed by atoms with E-state index in [1.165, 1.54) is 29.5 Å². The Labute approximate surface area is 198 Å². The minimum absolute atomic E-state index is 0.0106. The van der Waals surface area contributed by atoms with Gasteiger partial charge >= 0.3 is 0 Å². The van der Waals surface area contributed by atoms with Gasteiger partial charge < -0.3 is 10.0 Å². The maximum atomic E-state index is 14.6. The summed E-state index contributed by atoms with van der Waals surface area (Å²) in [7, 11) is 0. The Bertz CT molecular complexity index is 1080. The van der Waals surface area contributed by atoms with Crippen molar-refractivity contribution in [2.24, 2.45) is 0 Å². The minimum Gasteiger partial charge on any atom is -0.382 e. The molecule has 3 aromatic rings. The Balaban J connectivity index is 1.40. The van der Waals surface area contributed by atoms with E-state index in [1.54, 1.807) is 12.1 Å². The largest absolute Gasteiger partial charge is 0.382 e. The molecule has 0 bridgehead atoms. The molecule has 1 unspecified atom stereocenters. The SMILES string of the molecule is OC(CN1CCN(CCc2cc(F)ccc2Br)CC1)(Cn1cncn1)c1ccc(F)cc1F. The van der Waals surface area contributed by atoms with Crippen molar-refractivity contribution in [1.29, 1.82) is 0 Å². The molecule has 1 aliphatic heterocycles. The second kappa shape index (κ2) is 10.3. The van der Waals surface area contributed by atoms with Crippen molar-refractivity contribution in [3.05, 3.63) is 82.1 Å². The molecule has 0 radical (unpaired) electrons. The average Bonchev–Trinajstić information content (AvgIpc) is 3.28. The summed E-state index contributed by atoms with van der Waals surface area (Å²) in [6.45, 7) is 3.81. The summed E-state index contributed by atoms with van der Waals surface area (Å²) in [5.41, 5.74) is -0.663. The summed E-state index contributed by atoms with van der Waals surface area (Å²) in [5.74, 6) is -1.74. The fourth-order valence-corrected chi connectivity index (χ4v) is 4.67. The van der Waals surface area contributed by atoms with E-state index in [0.717, 1.165) is 48.2 Å². The molecule has 1 atom stereocenters. The summed E-state index contributed by atoms with van der Waals surface area (Å²) in [6, 6.07) is 7.90. The maximum Gasteiger partial charge on any atom is 0.137 e. The van der Waals surface area contributed by atoms with Crippen LogP contribution >= 0.6 is 15.9 Å². The van der Waals surface area contributed by atoms with E-state index < -0.39 is 17.2 Å². The van der Waals surface area contributed by atoms with Gasteiger partial charge in [0, 0.05) is 55.4 Å². The number of hydrogen-bond acceptors (Lipinski definition) is 5. The topological polar surface area (TPSA) is 57.4 Å². The second-order valence-electron chi connectivity index (χ2n) is 8.35. The third-order valence-electron chi connectivity index (χ3n) is 5.98. The minimum atomic E-state index is -1.61. The highest BCUT2D eigenvalue weighted by Crippen LogP contribution is 2.28. The lowest BCUT2D eigenvalue weighted by Crippen LogP contribution is -2.52.